The molecule has 1 aromatic carbocycles. The van der Waals surface area contributed by atoms with Crippen molar-refractivity contribution in [3.05, 3.63) is 24.3 Å². The highest BCUT2D eigenvalue weighted by atomic mass is 127. The normalized spacial score (nSPS) is 17.0. The summed E-state index contributed by atoms with van der Waals surface area (Å²) in [7, 11) is 3.33. The fourth-order valence-electron chi connectivity index (χ4n) is 3.06. The molecule has 1 aliphatic heterocycles. The maximum atomic E-state index is 12.5. The number of rotatable bonds is 8. The number of nitrogens with zero attached hydrogens (tertiary/aromatic N) is 2. The van der Waals surface area contributed by atoms with Crippen LogP contribution in [0.4, 0.5) is 8.78 Å². The lowest BCUT2D eigenvalue weighted by atomic mass is 10.1. The van der Waals surface area contributed by atoms with E-state index in [-0.39, 0.29) is 42.7 Å². The average molecular weight is 512 g/mol. The Labute approximate surface area is 183 Å². The van der Waals surface area contributed by atoms with Crippen molar-refractivity contribution in [2.75, 3.05) is 40.3 Å². The van der Waals surface area contributed by atoms with Gasteiger partial charge in [-0.25, -0.2) is 8.78 Å². The number of aliphatic imine (C=N–C) groups is 1. The summed E-state index contributed by atoms with van der Waals surface area (Å²) < 4.78 is 36.1. The number of guanidine groups is 1. The number of hydrogen-bond acceptors (Lipinski definition) is 4. The van der Waals surface area contributed by atoms with Crippen molar-refractivity contribution in [3.8, 4) is 11.5 Å². The first-order chi connectivity index (χ1) is 13.0. The average Bonchev–Trinajstić information content (AvgIpc) is 2.66. The van der Waals surface area contributed by atoms with Gasteiger partial charge >= 0.3 is 0 Å². The molecule has 1 heterocycles. The highest BCUT2D eigenvalue weighted by Crippen LogP contribution is 2.26. The van der Waals surface area contributed by atoms with Gasteiger partial charge in [-0.3, -0.25) is 9.89 Å². The van der Waals surface area contributed by atoms with E-state index in [1.807, 2.05) is 36.1 Å². The van der Waals surface area contributed by atoms with Crippen LogP contribution >= 0.6 is 24.0 Å². The molecule has 0 amide bonds. The highest BCUT2D eigenvalue weighted by Gasteiger charge is 2.22. The van der Waals surface area contributed by atoms with Crippen molar-refractivity contribution in [2.45, 2.75) is 38.3 Å². The standard InChI is InChI=1S/C19H30F2N4O2.HI/c1-14(27-17-7-5-4-6-16(17)26-3)12-23-19(22-2)24-15-8-10-25(11-9-15)13-18(20)21;/h4-7,14-15,18H,8-13H2,1-3H3,(H2,22,23,24);1H. The Morgan fingerprint density at radius 2 is 1.89 bits per heavy atom. The molecule has 0 spiro atoms. The van der Waals surface area contributed by atoms with E-state index in [0.29, 0.717) is 37.1 Å². The third-order valence-corrected chi connectivity index (χ3v) is 4.50. The van der Waals surface area contributed by atoms with Gasteiger partial charge in [0.1, 0.15) is 6.10 Å². The smallest absolute Gasteiger partial charge is 0.251 e. The minimum atomic E-state index is -2.27. The Balaban J connectivity index is 0.00000392. The second-order valence-electron chi connectivity index (χ2n) is 6.64. The zero-order chi connectivity index (χ0) is 19.6. The maximum absolute atomic E-state index is 12.5. The Bertz CT molecular complexity index is 599. The lowest BCUT2D eigenvalue weighted by Crippen LogP contribution is -2.50. The first kappa shape index (κ1) is 24.7. The molecule has 160 valence electrons. The van der Waals surface area contributed by atoms with Crippen LogP contribution in [0.15, 0.2) is 29.3 Å². The van der Waals surface area contributed by atoms with Crippen LogP contribution in [0.5, 0.6) is 11.5 Å². The van der Waals surface area contributed by atoms with Gasteiger partial charge in [0, 0.05) is 26.2 Å². The fourth-order valence-corrected chi connectivity index (χ4v) is 3.06. The van der Waals surface area contributed by atoms with E-state index in [1.165, 1.54) is 0 Å². The molecular weight excluding hydrogens is 481 g/mol. The molecule has 2 N–H and O–H groups in total. The maximum Gasteiger partial charge on any atom is 0.251 e. The molecule has 9 heteroatoms. The molecule has 1 saturated heterocycles. The number of likely N-dealkylation sites (tertiary alicyclic amines) is 1. The summed E-state index contributed by atoms with van der Waals surface area (Å²) in [5, 5.41) is 6.62. The molecule has 0 saturated carbocycles. The van der Waals surface area contributed by atoms with Crippen molar-refractivity contribution in [1.29, 1.82) is 0 Å². The Morgan fingerprint density at radius 3 is 2.46 bits per heavy atom. The summed E-state index contributed by atoms with van der Waals surface area (Å²) in [6.07, 6.45) is -0.720. The third kappa shape index (κ3) is 8.34. The summed E-state index contributed by atoms with van der Waals surface area (Å²) in [6, 6.07) is 7.76. The van der Waals surface area contributed by atoms with Gasteiger partial charge in [0.15, 0.2) is 17.5 Å². The minimum absolute atomic E-state index is 0. The quantitative estimate of drug-likeness (QED) is 0.319. The SMILES string of the molecule is CN=C(NCC(C)Oc1ccccc1OC)NC1CCN(CC(F)F)CC1.I. The highest BCUT2D eigenvalue weighted by molar-refractivity contribution is 14.0. The van der Waals surface area contributed by atoms with Crippen LogP contribution < -0.4 is 20.1 Å². The van der Waals surface area contributed by atoms with E-state index < -0.39 is 6.43 Å². The van der Waals surface area contributed by atoms with Crippen molar-refractivity contribution < 1.29 is 18.3 Å². The van der Waals surface area contributed by atoms with E-state index in [4.69, 9.17) is 9.47 Å². The number of nitrogens with one attached hydrogen (secondary N) is 2. The van der Waals surface area contributed by atoms with E-state index in [2.05, 4.69) is 15.6 Å². The number of hydrogen-bond donors (Lipinski definition) is 2. The number of ether oxygens (including phenoxy) is 2. The van der Waals surface area contributed by atoms with Gasteiger partial charge in [0.05, 0.1) is 20.2 Å². The van der Waals surface area contributed by atoms with E-state index in [9.17, 15) is 8.78 Å². The van der Waals surface area contributed by atoms with Crippen LogP contribution in [0, 0.1) is 0 Å². The van der Waals surface area contributed by atoms with Crippen LogP contribution in [0.2, 0.25) is 0 Å². The van der Waals surface area contributed by atoms with Crippen LogP contribution in [-0.4, -0.2) is 69.8 Å². The Hall–Kier alpha value is -1.36. The van der Waals surface area contributed by atoms with E-state index in [1.54, 1.807) is 14.2 Å². The van der Waals surface area contributed by atoms with Crippen LogP contribution in [0.25, 0.3) is 0 Å². The zero-order valence-electron chi connectivity index (χ0n) is 16.7. The first-order valence-corrected chi connectivity index (χ1v) is 9.29. The summed E-state index contributed by atoms with van der Waals surface area (Å²) in [5.74, 6) is 2.09. The molecule has 1 aromatic rings. The monoisotopic (exact) mass is 512 g/mol. The molecule has 0 radical (unpaired) electrons. The largest absolute Gasteiger partial charge is 0.493 e. The molecular formula is C19H31F2IN4O2. The van der Waals surface area contributed by atoms with E-state index >= 15 is 0 Å². The van der Waals surface area contributed by atoms with Gasteiger partial charge < -0.3 is 20.1 Å². The molecule has 0 aromatic heterocycles. The number of piperidine rings is 1. The van der Waals surface area contributed by atoms with Gasteiger partial charge in [-0.2, -0.15) is 0 Å². The van der Waals surface area contributed by atoms with Crippen molar-refractivity contribution in [3.63, 3.8) is 0 Å². The fraction of sp³-hybridized carbons (Fsp3) is 0.632. The summed E-state index contributed by atoms with van der Waals surface area (Å²) in [6.45, 7) is 3.74. The number of halogens is 3. The van der Waals surface area contributed by atoms with Crippen molar-refractivity contribution >= 4 is 29.9 Å². The van der Waals surface area contributed by atoms with E-state index in [0.717, 1.165) is 12.8 Å². The number of para-hydroxylation sites is 2. The number of benzene rings is 1. The number of alkyl halides is 2. The van der Waals surface area contributed by atoms with Crippen LogP contribution in [-0.2, 0) is 0 Å². The molecule has 0 bridgehead atoms. The lowest BCUT2D eigenvalue weighted by molar-refractivity contribution is 0.0744. The van der Waals surface area contributed by atoms with Gasteiger partial charge in [0.25, 0.3) is 6.43 Å². The molecule has 2 rings (SSSR count). The van der Waals surface area contributed by atoms with Gasteiger partial charge in [-0.1, -0.05) is 12.1 Å². The third-order valence-electron chi connectivity index (χ3n) is 4.50. The van der Waals surface area contributed by atoms with Crippen molar-refractivity contribution in [2.24, 2.45) is 4.99 Å². The predicted octanol–water partition coefficient (Wildman–Crippen LogP) is 2.98. The molecule has 1 fully saturated rings. The van der Waals surface area contributed by atoms with Crippen LogP contribution in [0.3, 0.4) is 0 Å². The molecule has 28 heavy (non-hydrogen) atoms. The zero-order valence-corrected chi connectivity index (χ0v) is 19.0. The van der Waals surface area contributed by atoms with Crippen LogP contribution in [0.1, 0.15) is 19.8 Å². The first-order valence-electron chi connectivity index (χ1n) is 9.29. The van der Waals surface area contributed by atoms with Crippen molar-refractivity contribution in [1.82, 2.24) is 15.5 Å². The second-order valence-corrected chi connectivity index (χ2v) is 6.64. The Morgan fingerprint density at radius 1 is 1.25 bits per heavy atom. The van der Waals surface area contributed by atoms with Gasteiger partial charge in [-0.05, 0) is 31.9 Å². The summed E-state index contributed by atoms with van der Waals surface area (Å²) in [4.78, 5) is 6.05. The molecule has 1 unspecified atom stereocenters. The predicted molar refractivity (Wildman–Crippen MR) is 118 cm³/mol. The Kier molecular flexibility index (Phi) is 11.4. The van der Waals surface area contributed by atoms with Gasteiger partial charge in [-0.15, -0.1) is 24.0 Å². The summed E-state index contributed by atoms with van der Waals surface area (Å²) >= 11 is 0. The summed E-state index contributed by atoms with van der Waals surface area (Å²) in [5.41, 5.74) is 0. The molecule has 1 atom stereocenters. The second kappa shape index (κ2) is 13.0. The minimum Gasteiger partial charge on any atom is -0.493 e. The molecule has 1 aliphatic rings. The lowest BCUT2D eigenvalue weighted by Gasteiger charge is -2.32. The molecule has 0 aliphatic carbocycles. The number of methoxy groups -OCH3 is 1. The molecule has 6 nitrogen and oxygen atoms in total. The topological polar surface area (TPSA) is 58.1 Å². The van der Waals surface area contributed by atoms with Gasteiger partial charge in [0.2, 0.25) is 0 Å².